The van der Waals surface area contributed by atoms with Gasteiger partial charge in [-0.25, -0.2) is 4.98 Å². The third kappa shape index (κ3) is 4.50. The molecular formula is C31H24N2O6S. The van der Waals surface area contributed by atoms with Crippen molar-refractivity contribution < 1.29 is 28.6 Å². The Hall–Kier alpha value is -4.89. The van der Waals surface area contributed by atoms with Crippen LogP contribution in [0.2, 0.25) is 0 Å². The normalized spacial score (nSPS) is 15.2. The van der Waals surface area contributed by atoms with Crippen LogP contribution in [0.1, 0.15) is 33.3 Å². The predicted molar refractivity (Wildman–Crippen MR) is 151 cm³/mol. The molecule has 8 nitrogen and oxygen atoms in total. The molecule has 3 aromatic carbocycles. The van der Waals surface area contributed by atoms with E-state index in [1.807, 2.05) is 55.5 Å². The fraction of sp³-hybridized carbons (Fsp3) is 0.129. The number of furan rings is 1. The first-order chi connectivity index (χ1) is 19.4. The van der Waals surface area contributed by atoms with Crippen molar-refractivity contribution in [1.29, 1.82) is 0 Å². The minimum Gasteiger partial charge on any atom is -0.503 e. The summed E-state index contributed by atoms with van der Waals surface area (Å²) >= 11 is 1.31. The van der Waals surface area contributed by atoms with Crippen LogP contribution >= 0.6 is 11.3 Å². The largest absolute Gasteiger partial charge is 0.503 e. The van der Waals surface area contributed by atoms with Crippen molar-refractivity contribution >= 4 is 38.4 Å². The van der Waals surface area contributed by atoms with Gasteiger partial charge in [0.2, 0.25) is 5.78 Å². The number of carbonyl (C=O) groups excluding carboxylic acids is 2. The number of hydrogen-bond acceptors (Lipinski definition) is 8. The Bertz CT molecular complexity index is 1760. The quantitative estimate of drug-likeness (QED) is 0.217. The van der Waals surface area contributed by atoms with Crippen molar-refractivity contribution in [3.05, 3.63) is 119 Å². The molecule has 0 fully saturated rings. The zero-order chi connectivity index (χ0) is 27.8. The van der Waals surface area contributed by atoms with Gasteiger partial charge in [-0.3, -0.25) is 14.5 Å². The smallest absolute Gasteiger partial charge is 0.296 e. The summed E-state index contributed by atoms with van der Waals surface area (Å²) in [5.41, 5.74) is 3.19. The van der Waals surface area contributed by atoms with E-state index < -0.39 is 23.5 Å². The molecule has 6 rings (SSSR count). The molecule has 5 aromatic rings. The van der Waals surface area contributed by atoms with Gasteiger partial charge in [0, 0.05) is 0 Å². The fourth-order valence-corrected chi connectivity index (χ4v) is 5.81. The Morgan fingerprint density at radius 3 is 2.62 bits per heavy atom. The lowest BCUT2D eigenvalue weighted by Crippen LogP contribution is -2.31. The number of anilines is 1. The van der Waals surface area contributed by atoms with Crippen molar-refractivity contribution in [2.75, 3.05) is 12.0 Å². The number of nitrogens with zero attached hydrogens (tertiary/aromatic N) is 2. The maximum Gasteiger partial charge on any atom is 0.296 e. The second kappa shape index (κ2) is 10.3. The lowest BCUT2D eigenvalue weighted by atomic mass is 9.95. The first-order valence-electron chi connectivity index (χ1n) is 12.5. The monoisotopic (exact) mass is 552 g/mol. The number of hydrogen-bond donors (Lipinski definition) is 1. The Balaban J connectivity index is 1.44. The van der Waals surface area contributed by atoms with Crippen molar-refractivity contribution in [1.82, 2.24) is 4.98 Å². The number of rotatable bonds is 8. The summed E-state index contributed by atoms with van der Waals surface area (Å²) in [4.78, 5) is 33.1. The number of ketones is 1. The lowest BCUT2D eigenvalue weighted by Gasteiger charge is -2.25. The minimum atomic E-state index is -0.983. The van der Waals surface area contributed by atoms with E-state index in [1.54, 1.807) is 24.3 Å². The van der Waals surface area contributed by atoms with Gasteiger partial charge in [0.05, 0.1) is 35.2 Å². The van der Waals surface area contributed by atoms with Crippen molar-refractivity contribution in [2.45, 2.75) is 19.6 Å². The van der Waals surface area contributed by atoms with Crippen molar-refractivity contribution in [2.24, 2.45) is 0 Å². The van der Waals surface area contributed by atoms with E-state index in [0.29, 0.717) is 34.3 Å². The van der Waals surface area contributed by atoms with E-state index >= 15 is 0 Å². The third-order valence-corrected chi connectivity index (χ3v) is 7.69. The predicted octanol–water partition coefficient (Wildman–Crippen LogP) is 6.57. The molecule has 1 amide bonds. The third-order valence-electron chi connectivity index (χ3n) is 6.68. The molecule has 1 aliphatic heterocycles. The maximum atomic E-state index is 13.6. The number of aliphatic hydroxyl groups excluding tert-OH is 1. The average molecular weight is 553 g/mol. The summed E-state index contributed by atoms with van der Waals surface area (Å²) in [5, 5.41) is 11.4. The number of aliphatic hydroxyl groups is 1. The molecule has 9 heteroatoms. The Morgan fingerprint density at radius 2 is 1.88 bits per heavy atom. The van der Waals surface area contributed by atoms with Crippen LogP contribution in [0.25, 0.3) is 10.2 Å². The highest BCUT2D eigenvalue weighted by Gasteiger charge is 2.46. The molecule has 0 saturated carbocycles. The highest BCUT2D eigenvalue weighted by Crippen LogP contribution is 2.45. The summed E-state index contributed by atoms with van der Waals surface area (Å²) in [5.74, 6) is -1.05. The molecule has 1 atom stereocenters. The molecule has 200 valence electrons. The SMILES string of the molecule is COc1cc(C2C(C(=O)c3ccco3)=C(O)C(=O)N2c2nc3ccc(C)cc3s2)ccc1OCc1ccccc1. The summed E-state index contributed by atoms with van der Waals surface area (Å²) < 4.78 is 17.9. The van der Waals surface area contributed by atoms with Gasteiger partial charge in [0.25, 0.3) is 5.91 Å². The van der Waals surface area contributed by atoms with Crippen LogP contribution in [-0.4, -0.2) is 28.9 Å². The molecule has 0 radical (unpaired) electrons. The van der Waals surface area contributed by atoms with Gasteiger partial charge in [-0.05, 0) is 60.0 Å². The van der Waals surface area contributed by atoms with E-state index in [1.165, 1.54) is 35.7 Å². The van der Waals surface area contributed by atoms with E-state index in [-0.39, 0.29) is 11.3 Å². The number of ether oxygens (including phenoxy) is 2. The summed E-state index contributed by atoms with van der Waals surface area (Å²) in [6.45, 7) is 2.31. The lowest BCUT2D eigenvalue weighted by molar-refractivity contribution is -0.117. The van der Waals surface area contributed by atoms with Crippen molar-refractivity contribution in [3.63, 3.8) is 0 Å². The topological polar surface area (TPSA) is 102 Å². The van der Waals surface area contributed by atoms with Crippen LogP contribution in [0.15, 0.2) is 101 Å². The molecule has 0 saturated heterocycles. The van der Waals surface area contributed by atoms with Crippen LogP contribution in [0.5, 0.6) is 11.5 Å². The average Bonchev–Trinajstić information content (AvgIpc) is 3.71. The second-order valence-electron chi connectivity index (χ2n) is 9.30. The summed E-state index contributed by atoms with van der Waals surface area (Å²) in [7, 11) is 1.52. The van der Waals surface area contributed by atoms with Gasteiger partial charge in [0.1, 0.15) is 6.61 Å². The molecule has 2 aromatic heterocycles. The Kier molecular flexibility index (Phi) is 6.57. The minimum absolute atomic E-state index is 0.0101. The first kappa shape index (κ1) is 25.4. The van der Waals surface area contributed by atoms with Crippen LogP contribution in [-0.2, 0) is 11.4 Å². The molecule has 1 aliphatic rings. The van der Waals surface area contributed by atoms with Gasteiger partial charge in [-0.1, -0.05) is 53.8 Å². The molecule has 40 heavy (non-hydrogen) atoms. The maximum absolute atomic E-state index is 13.6. The summed E-state index contributed by atoms with van der Waals surface area (Å²) in [6, 6.07) is 22.8. The highest BCUT2D eigenvalue weighted by atomic mass is 32.1. The zero-order valence-electron chi connectivity index (χ0n) is 21.7. The molecule has 1 unspecified atom stereocenters. The number of Topliss-reactive ketones (excluding diaryl/α,β-unsaturated/α-hetero) is 1. The van der Waals surface area contributed by atoms with Crippen LogP contribution in [0.3, 0.4) is 0 Å². The van der Waals surface area contributed by atoms with E-state index in [0.717, 1.165) is 15.8 Å². The van der Waals surface area contributed by atoms with Gasteiger partial charge >= 0.3 is 0 Å². The number of amides is 1. The van der Waals surface area contributed by atoms with Crippen LogP contribution in [0, 0.1) is 6.92 Å². The highest BCUT2D eigenvalue weighted by molar-refractivity contribution is 7.22. The Labute approximate surface area is 233 Å². The Morgan fingerprint density at radius 1 is 1.05 bits per heavy atom. The molecular weight excluding hydrogens is 528 g/mol. The number of aromatic nitrogens is 1. The first-order valence-corrected chi connectivity index (χ1v) is 13.3. The molecule has 1 N–H and O–H groups in total. The summed E-state index contributed by atoms with van der Waals surface area (Å²) in [6.07, 6.45) is 1.37. The number of carbonyl (C=O) groups is 2. The van der Waals surface area contributed by atoms with Gasteiger partial charge in [-0.2, -0.15) is 0 Å². The van der Waals surface area contributed by atoms with Gasteiger partial charge in [-0.15, -0.1) is 0 Å². The number of methoxy groups -OCH3 is 1. The van der Waals surface area contributed by atoms with E-state index in [2.05, 4.69) is 4.98 Å². The van der Waals surface area contributed by atoms with Crippen LogP contribution in [0.4, 0.5) is 5.13 Å². The van der Waals surface area contributed by atoms with Crippen molar-refractivity contribution in [3.8, 4) is 11.5 Å². The van der Waals surface area contributed by atoms with Gasteiger partial charge in [0.15, 0.2) is 28.1 Å². The molecule has 0 bridgehead atoms. The zero-order valence-corrected chi connectivity index (χ0v) is 22.5. The molecule has 0 aliphatic carbocycles. The number of benzene rings is 3. The van der Waals surface area contributed by atoms with E-state index in [9.17, 15) is 14.7 Å². The molecule has 3 heterocycles. The molecule has 0 spiro atoms. The van der Waals surface area contributed by atoms with Gasteiger partial charge < -0.3 is 19.0 Å². The number of thiazole rings is 1. The fourth-order valence-electron chi connectivity index (χ4n) is 4.72. The number of aryl methyl sites for hydroxylation is 1. The second-order valence-corrected chi connectivity index (χ2v) is 10.3. The number of fused-ring (bicyclic) bond motifs is 1. The van der Waals surface area contributed by atoms with E-state index in [4.69, 9.17) is 13.9 Å². The van der Waals surface area contributed by atoms with Crippen LogP contribution < -0.4 is 14.4 Å². The standard InChI is InChI=1S/C31H24N2O6S/c1-18-10-12-21-25(15-18)40-31(32-21)33-27(26(29(35)30(33)36)28(34)23-9-6-14-38-23)20-11-13-22(24(16-20)37-2)39-17-19-7-4-3-5-8-19/h3-16,27,35H,17H2,1-2H3.